The fourth-order valence-corrected chi connectivity index (χ4v) is 1.86. The lowest BCUT2D eigenvalue weighted by molar-refractivity contribution is -0.119. The molecule has 0 aliphatic heterocycles. The molecule has 0 saturated carbocycles. The maximum atomic E-state index is 12.0. The van der Waals surface area contributed by atoms with Crippen molar-refractivity contribution in [3.05, 3.63) is 23.2 Å². The molecule has 0 radical (unpaired) electrons. The molecule has 1 atom stereocenters. The summed E-state index contributed by atoms with van der Waals surface area (Å²) in [5.74, 6) is 0.0791. The molecule has 0 spiro atoms. The first-order valence-electron chi connectivity index (χ1n) is 6.00. The molecule has 102 valence electrons. The number of hydrogen-bond acceptors (Lipinski definition) is 3. The van der Waals surface area contributed by atoms with Gasteiger partial charge in [-0.3, -0.25) is 10.1 Å². The molecule has 1 aromatic carbocycles. The third-order valence-corrected chi connectivity index (χ3v) is 3.23. The molecule has 1 aromatic heterocycles. The lowest BCUT2D eigenvalue weighted by atomic mass is 9.87. The number of H-pyrrole nitrogens is 1. The maximum Gasteiger partial charge on any atom is 0.244 e. The second-order valence-electron chi connectivity index (χ2n) is 5.55. The molecule has 0 aliphatic rings. The van der Waals surface area contributed by atoms with Crippen LogP contribution in [0.1, 0.15) is 20.8 Å². The summed E-state index contributed by atoms with van der Waals surface area (Å²) in [5.41, 5.74) is 6.97. The molecule has 0 fully saturated rings. The number of rotatable bonds is 2. The zero-order valence-electron chi connectivity index (χ0n) is 11.1. The largest absolute Gasteiger partial charge is 0.324 e. The summed E-state index contributed by atoms with van der Waals surface area (Å²) in [6, 6.07) is 4.79. The summed E-state index contributed by atoms with van der Waals surface area (Å²) in [6.45, 7) is 5.73. The van der Waals surface area contributed by atoms with Crippen LogP contribution in [0.25, 0.3) is 11.0 Å². The van der Waals surface area contributed by atoms with Gasteiger partial charge in [-0.25, -0.2) is 4.98 Å². The van der Waals surface area contributed by atoms with E-state index in [-0.39, 0.29) is 11.3 Å². The van der Waals surface area contributed by atoms with Crippen molar-refractivity contribution < 1.29 is 4.79 Å². The number of hydrogen-bond donors (Lipinski definition) is 3. The molecule has 5 nitrogen and oxygen atoms in total. The topological polar surface area (TPSA) is 83.8 Å². The highest BCUT2D eigenvalue weighted by atomic mass is 35.5. The van der Waals surface area contributed by atoms with Crippen LogP contribution in [-0.4, -0.2) is 21.9 Å². The maximum absolute atomic E-state index is 12.0. The Bertz CT molecular complexity index is 615. The smallest absolute Gasteiger partial charge is 0.244 e. The van der Waals surface area contributed by atoms with Crippen molar-refractivity contribution in [2.75, 3.05) is 5.32 Å². The molecule has 0 unspecified atom stereocenters. The number of nitrogens with two attached hydrogens (primary N) is 1. The number of anilines is 1. The molecule has 2 rings (SSSR count). The quantitative estimate of drug-likeness (QED) is 0.790. The summed E-state index contributed by atoms with van der Waals surface area (Å²) in [4.78, 5) is 19.2. The number of carbonyl (C=O) groups excluding carboxylic acids is 1. The Hall–Kier alpha value is -1.59. The Morgan fingerprint density at radius 1 is 1.47 bits per heavy atom. The number of nitrogens with zero attached hydrogens (tertiary/aromatic N) is 1. The third kappa shape index (κ3) is 2.88. The van der Waals surface area contributed by atoms with Crippen LogP contribution in [0.15, 0.2) is 18.2 Å². The van der Waals surface area contributed by atoms with Gasteiger partial charge in [0.2, 0.25) is 11.9 Å². The molecule has 0 bridgehead atoms. The number of halogens is 1. The predicted octanol–water partition coefficient (Wildman–Crippen LogP) is 2.53. The summed E-state index contributed by atoms with van der Waals surface area (Å²) in [5, 5.41) is 3.21. The minimum atomic E-state index is -0.615. The van der Waals surface area contributed by atoms with Crippen molar-refractivity contribution in [2.24, 2.45) is 11.1 Å². The van der Waals surface area contributed by atoms with Gasteiger partial charge in [-0.2, -0.15) is 0 Å². The number of aromatic amines is 1. The molecular weight excluding hydrogens is 264 g/mol. The number of nitrogens with one attached hydrogen (secondary N) is 2. The van der Waals surface area contributed by atoms with E-state index in [0.29, 0.717) is 16.5 Å². The van der Waals surface area contributed by atoms with E-state index >= 15 is 0 Å². The minimum absolute atomic E-state index is 0.275. The highest BCUT2D eigenvalue weighted by Crippen LogP contribution is 2.23. The van der Waals surface area contributed by atoms with E-state index in [0.717, 1.165) is 5.52 Å². The zero-order chi connectivity index (χ0) is 14.2. The summed E-state index contributed by atoms with van der Waals surface area (Å²) >= 11 is 6.02. The van der Waals surface area contributed by atoms with Crippen molar-refractivity contribution in [3.63, 3.8) is 0 Å². The third-order valence-electron chi connectivity index (χ3n) is 2.92. The SMILES string of the molecule is CC(C)(C)[C@H](N)C(=O)Nc1nc2c(Cl)cccc2[nH]1. The van der Waals surface area contributed by atoms with Crippen LogP contribution in [0.2, 0.25) is 5.02 Å². The lowest BCUT2D eigenvalue weighted by Crippen LogP contribution is -2.45. The first-order chi connectivity index (χ1) is 8.79. The average Bonchev–Trinajstić information content (AvgIpc) is 2.70. The monoisotopic (exact) mass is 280 g/mol. The molecule has 1 heterocycles. The molecule has 2 aromatic rings. The first kappa shape index (κ1) is 13.8. The number of imidazole rings is 1. The minimum Gasteiger partial charge on any atom is -0.324 e. The summed E-state index contributed by atoms with van der Waals surface area (Å²) in [6.07, 6.45) is 0. The van der Waals surface area contributed by atoms with Crippen molar-refractivity contribution in [1.29, 1.82) is 0 Å². The van der Waals surface area contributed by atoms with Gasteiger partial charge in [-0.15, -0.1) is 0 Å². The van der Waals surface area contributed by atoms with Gasteiger partial charge in [-0.1, -0.05) is 38.4 Å². The van der Waals surface area contributed by atoms with Crippen molar-refractivity contribution in [1.82, 2.24) is 9.97 Å². The van der Waals surface area contributed by atoms with E-state index in [1.165, 1.54) is 0 Å². The Labute approximate surface area is 116 Å². The first-order valence-corrected chi connectivity index (χ1v) is 6.37. The van der Waals surface area contributed by atoms with E-state index in [4.69, 9.17) is 17.3 Å². The van der Waals surface area contributed by atoms with E-state index in [1.54, 1.807) is 6.07 Å². The fourth-order valence-electron chi connectivity index (χ4n) is 1.64. The van der Waals surface area contributed by atoms with Crippen molar-refractivity contribution in [3.8, 4) is 0 Å². The normalized spacial score (nSPS) is 13.5. The zero-order valence-corrected chi connectivity index (χ0v) is 11.9. The molecule has 1 amide bonds. The van der Waals surface area contributed by atoms with Crippen LogP contribution in [0, 0.1) is 5.41 Å². The number of amides is 1. The Morgan fingerprint density at radius 2 is 2.16 bits per heavy atom. The molecule has 4 N–H and O–H groups in total. The van der Waals surface area contributed by atoms with Gasteiger partial charge in [0.1, 0.15) is 5.52 Å². The van der Waals surface area contributed by atoms with Crippen molar-refractivity contribution >= 4 is 34.5 Å². The Balaban J connectivity index is 2.23. The van der Waals surface area contributed by atoms with Gasteiger partial charge in [0.25, 0.3) is 0 Å². The van der Waals surface area contributed by atoms with Gasteiger partial charge in [0.05, 0.1) is 16.6 Å². The Morgan fingerprint density at radius 3 is 2.74 bits per heavy atom. The van der Waals surface area contributed by atoms with Gasteiger partial charge in [0.15, 0.2) is 0 Å². The van der Waals surface area contributed by atoms with E-state index in [9.17, 15) is 4.79 Å². The number of aromatic nitrogens is 2. The second-order valence-corrected chi connectivity index (χ2v) is 5.96. The van der Waals surface area contributed by atoms with E-state index in [2.05, 4.69) is 15.3 Å². The number of para-hydroxylation sites is 1. The number of carbonyl (C=O) groups is 1. The highest BCUT2D eigenvalue weighted by molar-refractivity contribution is 6.35. The Kier molecular flexibility index (Phi) is 3.52. The molecular formula is C13H17ClN4O. The van der Waals surface area contributed by atoms with E-state index < -0.39 is 6.04 Å². The van der Waals surface area contributed by atoms with Gasteiger partial charge in [0, 0.05) is 0 Å². The van der Waals surface area contributed by atoms with E-state index in [1.807, 2.05) is 32.9 Å². The second kappa shape index (κ2) is 4.83. The van der Waals surface area contributed by atoms with Crippen LogP contribution < -0.4 is 11.1 Å². The fraction of sp³-hybridized carbons (Fsp3) is 0.385. The van der Waals surface area contributed by atoms with Crippen LogP contribution in [0.5, 0.6) is 0 Å². The summed E-state index contributed by atoms with van der Waals surface area (Å²) < 4.78 is 0. The number of benzene rings is 1. The summed E-state index contributed by atoms with van der Waals surface area (Å²) in [7, 11) is 0. The van der Waals surface area contributed by atoms with Gasteiger partial charge in [-0.05, 0) is 17.5 Å². The lowest BCUT2D eigenvalue weighted by Gasteiger charge is -2.25. The highest BCUT2D eigenvalue weighted by Gasteiger charge is 2.28. The number of fused-ring (bicyclic) bond motifs is 1. The molecule has 19 heavy (non-hydrogen) atoms. The van der Waals surface area contributed by atoms with Crippen LogP contribution in [0.4, 0.5) is 5.95 Å². The molecule has 6 heteroatoms. The predicted molar refractivity (Wildman–Crippen MR) is 77.2 cm³/mol. The van der Waals surface area contributed by atoms with Crippen LogP contribution in [-0.2, 0) is 4.79 Å². The van der Waals surface area contributed by atoms with Gasteiger partial charge < -0.3 is 10.7 Å². The standard InChI is InChI=1S/C13H17ClN4O/c1-13(2,3)10(15)11(19)18-12-16-8-6-4-5-7(14)9(8)17-12/h4-6,10H,15H2,1-3H3,(H2,16,17,18,19)/t10-/m1/s1. The van der Waals surface area contributed by atoms with Crippen LogP contribution >= 0.6 is 11.6 Å². The average molecular weight is 281 g/mol. The molecule has 0 aliphatic carbocycles. The molecule has 0 saturated heterocycles. The van der Waals surface area contributed by atoms with Crippen molar-refractivity contribution in [2.45, 2.75) is 26.8 Å². The van der Waals surface area contributed by atoms with Crippen LogP contribution in [0.3, 0.4) is 0 Å². The van der Waals surface area contributed by atoms with Gasteiger partial charge >= 0.3 is 0 Å².